The summed E-state index contributed by atoms with van der Waals surface area (Å²) < 4.78 is 5.28. The number of rotatable bonds is 6. The molecule has 1 rings (SSSR count). The summed E-state index contributed by atoms with van der Waals surface area (Å²) in [6.07, 6.45) is 0.980. The summed E-state index contributed by atoms with van der Waals surface area (Å²) in [7, 11) is 0. The molecule has 0 aliphatic rings. The van der Waals surface area contributed by atoms with E-state index in [2.05, 4.69) is 34.7 Å². The van der Waals surface area contributed by atoms with Crippen LogP contribution in [-0.2, 0) is 22.5 Å². The standard InChI is InChI=1S/C18H29N3O2.HI/c1-6-14-10-8-9-11-15(14)12-20-17(19-7-2)21-13-16(22)23-18(3,4)5;/h8-11H,6-7,12-13H2,1-5H3,(H2,19,20,21);1H. The molecule has 1 aromatic rings. The number of aliphatic imine (C=N–C) groups is 1. The van der Waals surface area contributed by atoms with Crippen LogP contribution in [0.3, 0.4) is 0 Å². The first-order valence-electron chi connectivity index (χ1n) is 8.16. The van der Waals surface area contributed by atoms with E-state index in [1.807, 2.05) is 39.8 Å². The summed E-state index contributed by atoms with van der Waals surface area (Å²) in [6.45, 7) is 11.1. The summed E-state index contributed by atoms with van der Waals surface area (Å²) in [5, 5.41) is 6.15. The van der Waals surface area contributed by atoms with Crippen LogP contribution < -0.4 is 10.6 Å². The summed E-state index contributed by atoms with van der Waals surface area (Å²) in [6, 6.07) is 8.26. The van der Waals surface area contributed by atoms with E-state index in [0.29, 0.717) is 12.5 Å². The maximum atomic E-state index is 11.8. The minimum atomic E-state index is -0.478. The summed E-state index contributed by atoms with van der Waals surface area (Å²) in [5.74, 6) is 0.321. The molecule has 0 saturated carbocycles. The number of guanidine groups is 1. The second-order valence-electron chi connectivity index (χ2n) is 6.26. The van der Waals surface area contributed by atoms with Gasteiger partial charge < -0.3 is 15.4 Å². The number of carbonyl (C=O) groups excluding carboxylic acids is 1. The van der Waals surface area contributed by atoms with Crippen LogP contribution in [0.2, 0.25) is 0 Å². The van der Waals surface area contributed by atoms with Gasteiger partial charge in [0.25, 0.3) is 0 Å². The number of nitrogens with one attached hydrogen (secondary N) is 2. The SMILES string of the molecule is CCNC(=NCc1ccccc1CC)NCC(=O)OC(C)(C)C.I. The zero-order chi connectivity index (χ0) is 17.3. The first-order valence-corrected chi connectivity index (χ1v) is 8.16. The van der Waals surface area contributed by atoms with Crippen LogP contribution in [0.5, 0.6) is 0 Å². The summed E-state index contributed by atoms with van der Waals surface area (Å²) in [5.41, 5.74) is 2.01. The van der Waals surface area contributed by atoms with Crippen molar-refractivity contribution in [2.45, 2.75) is 53.2 Å². The zero-order valence-electron chi connectivity index (χ0n) is 15.3. The molecule has 0 aliphatic carbocycles. The van der Waals surface area contributed by atoms with Crippen molar-refractivity contribution in [2.24, 2.45) is 4.99 Å². The number of benzene rings is 1. The van der Waals surface area contributed by atoms with E-state index in [1.165, 1.54) is 11.1 Å². The first kappa shape index (κ1) is 22.7. The predicted molar refractivity (Wildman–Crippen MR) is 110 cm³/mol. The number of nitrogens with zero attached hydrogens (tertiary/aromatic N) is 1. The minimum Gasteiger partial charge on any atom is -0.459 e. The average Bonchev–Trinajstić information content (AvgIpc) is 2.48. The Morgan fingerprint density at radius 2 is 1.75 bits per heavy atom. The van der Waals surface area contributed by atoms with Gasteiger partial charge in [0.05, 0.1) is 6.54 Å². The van der Waals surface area contributed by atoms with Crippen molar-refractivity contribution in [3.63, 3.8) is 0 Å². The molecule has 5 nitrogen and oxygen atoms in total. The van der Waals surface area contributed by atoms with Crippen molar-refractivity contribution in [3.8, 4) is 0 Å². The van der Waals surface area contributed by atoms with Crippen LogP contribution in [0, 0.1) is 0 Å². The largest absolute Gasteiger partial charge is 0.459 e. The summed E-state index contributed by atoms with van der Waals surface area (Å²) >= 11 is 0. The van der Waals surface area contributed by atoms with Crippen molar-refractivity contribution >= 4 is 35.9 Å². The van der Waals surface area contributed by atoms with Crippen LogP contribution in [0.4, 0.5) is 0 Å². The Morgan fingerprint density at radius 1 is 1.12 bits per heavy atom. The Kier molecular flexibility index (Phi) is 10.7. The van der Waals surface area contributed by atoms with Gasteiger partial charge in [0.2, 0.25) is 0 Å². The number of ether oxygens (including phenoxy) is 1. The number of hydrogen-bond donors (Lipinski definition) is 2. The van der Waals surface area contributed by atoms with Gasteiger partial charge in [-0.15, -0.1) is 24.0 Å². The second-order valence-corrected chi connectivity index (χ2v) is 6.26. The van der Waals surface area contributed by atoms with Crippen LogP contribution in [0.1, 0.15) is 45.7 Å². The van der Waals surface area contributed by atoms with Crippen molar-refractivity contribution in [2.75, 3.05) is 13.1 Å². The molecule has 0 unspecified atom stereocenters. The fraction of sp³-hybridized carbons (Fsp3) is 0.556. The lowest BCUT2D eigenvalue weighted by molar-refractivity contribution is -0.153. The fourth-order valence-corrected chi connectivity index (χ4v) is 2.10. The monoisotopic (exact) mass is 447 g/mol. The third kappa shape index (κ3) is 9.10. The van der Waals surface area contributed by atoms with Gasteiger partial charge in [-0.3, -0.25) is 4.79 Å². The molecule has 0 aromatic heterocycles. The van der Waals surface area contributed by atoms with E-state index in [1.54, 1.807) is 0 Å². The highest BCUT2D eigenvalue weighted by atomic mass is 127. The molecular weight excluding hydrogens is 417 g/mol. The van der Waals surface area contributed by atoms with Gasteiger partial charge in [0.1, 0.15) is 12.1 Å². The maximum absolute atomic E-state index is 11.8. The van der Waals surface area contributed by atoms with E-state index >= 15 is 0 Å². The van der Waals surface area contributed by atoms with Gasteiger partial charge >= 0.3 is 5.97 Å². The third-order valence-corrected chi connectivity index (χ3v) is 3.07. The van der Waals surface area contributed by atoms with E-state index < -0.39 is 5.60 Å². The van der Waals surface area contributed by atoms with Gasteiger partial charge in [0.15, 0.2) is 5.96 Å². The fourth-order valence-electron chi connectivity index (χ4n) is 2.10. The molecule has 0 saturated heterocycles. The van der Waals surface area contributed by atoms with Gasteiger partial charge in [-0.1, -0.05) is 31.2 Å². The van der Waals surface area contributed by atoms with Gasteiger partial charge in [0, 0.05) is 6.54 Å². The number of halogens is 1. The minimum absolute atomic E-state index is 0. The smallest absolute Gasteiger partial charge is 0.325 e. The molecule has 1 aromatic carbocycles. The molecule has 6 heteroatoms. The molecule has 24 heavy (non-hydrogen) atoms. The highest BCUT2D eigenvalue weighted by Crippen LogP contribution is 2.10. The lowest BCUT2D eigenvalue weighted by atomic mass is 10.1. The van der Waals surface area contributed by atoms with Crippen molar-refractivity contribution in [1.29, 1.82) is 0 Å². The summed E-state index contributed by atoms with van der Waals surface area (Å²) in [4.78, 5) is 16.3. The molecule has 136 valence electrons. The van der Waals surface area contributed by atoms with Crippen LogP contribution in [0.25, 0.3) is 0 Å². The Hall–Kier alpha value is -1.31. The number of aryl methyl sites for hydroxylation is 1. The van der Waals surface area contributed by atoms with E-state index in [9.17, 15) is 4.79 Å². The van der Waals surface area contributed by atoms with Crippen molar-refractivity contribution in [3.05, 3.63) is 35.4 Å². The molecule has 0 heterocycles. The number of hydrogen-bond acceptors (Lipinski definition) is 3. The van der Waals surface area contributed by atoms with E-state index in [0.717, 1.165) is 13.0 Å². The molecule has 0 radical (unpaired) electrons. The molecule has 0 fully saturated rings. The third-order valence-electron chi connectivity index (χ3n) is 3.07. The first-order chi connectivity index (χ1) is 10.9. The Balaban J connectivity index is 0.00000529. The quantitative estimate of drug-likeness (QED) is 0.304. The Labute approximate surface area is 162 Å². The molecule has 2 N–H and O–H groups in total. The van der Waals surface area contributed by atoms with E-state index in [4.69, 9.17) is 4.74 Å². The Morgan fingerprint density at radius 3 is 2.29 bits per heavy atom. The normalized spacial score (nSPS) is 11.5. The average molecular weight is 447 g/mol. The van der Waals surface area contributed by atoms with Crippen LogP contribution >= 0.6 is 24.0 Å². The highest BCUT2D eigenvalue weighted by molar-refractivity contribution is 14.0. The second kappa shape index (κ2) is 11.3. The van der Waals surface area contributed by atoms with Crippen molar-refractivity contribution < 1.29 is 9.53 Å². The molecule has 0 atom stereocenters. The number of esters is 1. The highest BCUT2D eigenvalue weighted by Gasteiger charge is 2.16. The zero-order valence-corrected chi connectivity index (χ0v) is 17.6. The number of carbonyl (C=O) groups is 1. The molecule has 0 amide bonds. The van der Waals surface area contributed by atoms with Crippen molar-refractivity contribution in [1.82, 2.24) is 10.6 Å². The lowest BCUT2D eigenvalue weighted by Crippen LogP contribution is -2.41. The predicted octanol–water partition coefficient (Wildman–Crippen LogP) is 3.26. The Bertz CT molecular complexity index is 539. The molecular formula is C18H30IN3O2. The van der Waals surface area contributed by atoms with Gasteiger partial charge in [-0.25, -0.2) is 4.99 Å². The molecule has 0 bridgehead atoms. The van der Waals surface area contributed by atoms with E-state index in [-0.39, 0.29) is 36.5 Å². The topological polar surface area (TPSA) is 62.7 Å². The van der Waals surface area contributed by atoms with Gasteiger partial charge in [-0.05, 0) is 45.2 Å². The molecule has 0 aliphatic heterocycles. The van der Waals surface area contributed by atoms with Crippen LogP contribution in [0.15, 0.2) is 29.3 Å². The molecule has 0 spiro atoms. The van der Waals surface area contributed by atoms with Crippen LogP contribution in [-0.4, -0.2) is 30.6 Å². The maximum Gasteiger partial charge on any atom is 0.325 e. The van der Waals surface area contributed by atoms with Gasteiger partial charge in [-0.2, -0.15) is 0 Å². The lowest BCUT2D eigenvalue weighted by Gasteiger charge is -2.20.